The largest absolute Gasteiger partial charge is 0.364 e. The second-order valence-electron chi connectivity index (χ2n) is 12.9. The Hall–Kier alpha value is -4.98. The Morgan fingerprint density at radius 2 is 1.26 bits per heavy atom. The highest BCUT2D eigenvalue weighted by atomic mass is 19.1. The number of hydrogen-bond acceptors (Lipinski definition) is 4. The molecule has 3 aromatic heterocycles. The minimum atomic E-state index is -1.10. The van der Waals surface area contributed by atoms with Crippen molar-refractivity contribution >= 4 is 16.9 Å². The van der Waals surface area contributed by atoms with Crippen LogP contribution in [-0.4, -0.2) is 25.8 Å². The molecule has 0 radical (unpaired) electrons. The van der Waals surface area contributed by atoms with E-state index in [0.717, 1.165) is 41.8 Å². The van der Waals surface area contributed by atoms with E-state index in [4.69, 9.17) is 5.10 Å². The van der Waals surface area contributed by atoms with Gasteiger partial charge in [0.15, 0.2) is 23.1 Å². The standard InChI is InChI=1S/C39H34F3N5/c1-24-25-17-19-26(20-18-25)34(24)44-37-33(42)22-32(41)36(45-37)35-31-21-30(40)23-43-38(31)47(46-35)39(27-11-5-2-6-12-27,28-13-7-3-8-14-28)29-15-9-4-10-16-29/h2-16,21-26,34H,17-20H2,1H3,(H,44,45)/t24-,25?,26?,34?/m0/s1. The molecule has 2 atom stereocenters. The molecule has 236 valence electrons. The molecule has 9 rings (SSSR count). The summed E-state index contributed by atoms with van der Waals surface area (Å²) in [5, 5.41) is 8.70. The summed E-state index contributed by atoms with van der Waals surface area (Å²) in [5.74, 6) is -0.928. The zero-order valence-electron chi connectivity index (χ0n) is 26.0. The molecule has 3 aliphatic rings. The van der Waals surface area contributed by atoms with Gasteiger partial charge in [0.05, 0.1) is 11.6 Å². The van der Waals surface area contributed by atoms with Crippen LogP contribution in [0.4, 0.5) is 19.0 Å². The van der Waals surface area contributed by atoms with E-state index in [1.165, 1.54) is 18.9 Å². The van der Waals surface area contributed by atoms with Crippen molar-refractivity contribution in [2.45, 2.75) is 44.2 Å². The van der Waals surface area contributed by atoms with E-state index in [1.54, 1.807) is 4.68 Å². The van der Waals surface area contributed by atoms with Crippen LogP contribution in [0.2, 0.25) is 0 Å². The monoisotopic (exact) mass is 629 g/mol. The van der Waals surface area contributed by atoms with Gasteiger partial charge in [0.2, 0.25) is 0 Å². The quantitative estimate of drug-likeness (QED) is 0.179. The van der Waals surface area contributed by atoms with Crippen LogP contribution in [0, 0.1) is 35.2 Å². The zero-order valence-corrected chi connectivity index (χ0v) is 26.0. The van der Waals surface area contributed by atoms with Crippen molar-refractivity contribution in [2.24, 2.45) is 17.8 Å². The van der Waals surface area contributed by atoms with Gasteiger partial charge in [-0.25, -0.2) is 27.8 Å². The molecule has 1 unspecified atom stereocenters. The fourth-order valence-corrected chi connectivity index (χ4v) is 8.18. The van der Waals surface area contributed by atoms with Crippen LogP contribution in [0.3, 0.4) is 0 Å². The number of fused-ring (bicyclic) bond motifs is 4. The van der Waals surface area contributed by atoms with Gasteiger partial charge in [0.25, 0.3) is 0 Å². The van der Waals surface area contributed by atoms with Gasteiger partial charge in [0.1, 0.15) is 22.7 Å². The van der Waals surface area contributed by atoms with Crippen molar-refractivity contribution in [3.63, 3.8) is 0 Å². The van der Waals surface area contributed by atoms with Crippen LogP contribution < -0.4 is 5.32 Å². The van der Waals surface area contributed by atoms with Gasteiger partial charge in [-0.1, -0.05) is 97.9 Å². The summed E-state index contributed by atoms with van der Waals surface area (Å²) < 4.78 is 48.1. The summed E-state index contributed by atoms with van der Waals surface area (Å²) in [4.78, 5) is 9.11. The lowest BCUT2D eigenvalue weighted by Crippen LogP contribution is -2.47. The van der Waals surface area contributed by atoms with Crippen LogP contribution in [-0.2, 0) is 5.54 Å². The highest BCUT2D eigenvalue weighted by Crippen LogP contribution is 2.47. The van der Waals surface area contributed by atoms with Crippen LogP contribution in [0.5, 0.6) is 0 Å². The molecule has 0 spiro atoms. The Morgan fingerprint density at radius 1 is 0.702 bits per heavy atom. The molecule has 3 fully saturated rings. The maximum Gasteiger partial charge on any atom is 0.168 e. The van der Waals surface area contributed by atoms with Crippen LogP contribution in [0.15, 0.2) is 109 Å². The molecular formula is C39H34F3N5. The minimum absolute atomic E-state index is 0.0155. The van der Waals surface area contributed by atoms with Gasteiger partial charge in [0, 0.05) is 12.1 Å². The van der Waals surface area contributed by atoms with Gasteiger partial charge in [-0.15, -0.1) is 0 Å². The van der Waals surface area contributed by atoms with E-state index in [-0.39, 0.29) is 28.6 Å². The first-order valence-corrected chi connectivity index (χ1v) is 16.3. The summed E-state index contributed by atoms with van der Waals surface area (Å²) in [6, 6.07) is 31.8. The molecule has 8 heteroatoms. The van der Waals surface area contributed by atoms with E-state index < -0.39 is 23.0 Å². The third kappa shape index (κ3) is 4.80. The Labute approximate surface area is 271 Å². The second kappa shape index (κ2) is 11.7. The predicted molar refractivity (Wildman–Crippen MR) is 177 cm³/mol. The fraction of sp³-hybridized carbons (Fsp3) is 0.256. The molecule has 0 saturated heterocycles. The lowest BCUT2D eigenvalue weighted by Gasteiger charge is -2.47. The van der Waals surface area contributed by atoms with Gasteiger partial charge in [-0.2, -0.15) is 5.10 Å². The fourth-order valence-electron chi connectivity index (χ4n) is 8.18. The van der Waals surface area contributed by atoms with Gasteiger partial charge in [-0.3, -0.25) is 0 Å². The molecule has 5 nitrogen and oxygen atoms in total. The van der Waals surface area contributed by atoms with E-state index in [2.05, 4.69) is 22.2 Å². The maximum absolute atomic E-state index is 15.9. The SMILES string of the molecule is C[C@H]1C2CCC(CC2)C1Nc1nc(-c2nn(C(c3ccccc3)(c3ccccc3)c3ccccc3)c3ncc(F)cc23)c(F)cc1F. The first-order chi connectivity index (χ1) is 22.9. The van der Waals surface area contributed by atoms with Crippen LogP contribution in [0.1, 0.15) is 49.3 Å². The smallest absolute Gasteiger partial charge is 0.168 e. The van der Waals surface area contributed by atoms with E-state index in [1.807, 2.05) is 91.0 Å². The number of hydrogen-bond donors (Lipinski definition) is 1. The molecule has 0 amide bonds. The third-order valence-electron chi connectivity index (χ3n) is 10.5. The summed E-state index contributed by atoms with van der Waals surface area (Å²) in [6.45, 7) is 2.20. The summed E-state index contributed by atoms with van der Waals surface area (Å²) in [5.41, 5.74) is 1.76. The van der Waals surface area contributed by atoms with Crippen molar-refractivity contribution in [1.29, 1.82) is 0 Å². The van der Waals surface area contributed by atoms with Crippen LogP contribution >= 0.6 is 0 Å². The molecule has 1 N–H and O–H groups in total. The van der Waals surface area contributed by atoms with E-state index in [9.17, 15) is 0 Å². The molecule has 0 aliphatic heterocycles. The van der Waals surface area contributed by atoms with Crippen molar-refractivity contribution in [3.05, 3.63) is 143 Å². The number of nitrogens with zero attached hydrogens (tertiary/aromatic N) is 4. The topological polar surface area (TPSA) is 55.6 Å². The molecule has 3 aliphatic carbocycles. The average Bonchev–Trinajstić information content (AvgIpc) is 3.47. The number of nitrogens with one attached hydrogen (secondary N) is 1. The van der Waals surface area contributed by atoms with Crippen LogP contribution in [0.25, 0.3) is 22.4 Å². The number of rotatable bonds is 7. The molecule has 2 bridgehead atoms. The Bertz CT molecular complexity index is 1940. The molecule has 3 saturated carbocycles. The lowest BCUT2D eigenvalue weighted by atomic mass is 9.62. The minimum Gasteiger partial charge on any atom is -0.364 e. The van der Waals surface area contributed by atoms with Crippen molar-refractivity contribution < 1.29 is 13.2 Å². The molecule has 6 aromatic rings. The zero-order chi connectivity index (χ0) is 32.1. The Kier molecular flexibility index (Phi) is 7.31. The average molecular weight is 630 g/mol. The molecule has 3 heterocycles. The maximum atomic E-state index is 15.9. The predicted octanol–water partition coefficient (Wildman–Crippen LogP) is 8.99. The summed E-state index contributed by atoms with van der Waals surface area (Å²) in [7, 11) is 0. The second-order valence-corrected chi connectivity index (χ2v) is 12.9. The van der Waals surface area contributed by atoms with Gasteiger partial charge in [-0.05, 0) is 66.2 Å². The van der Waals surface area contributed by atoms with E-state index in [0.29, 0.717) is 23.4 Å². The van der Waals surface area contributed by atoms with Gasteiger partial charge >= 0.3 is 0 Å². The number of halogens is 3. The number of anilines is 1. The summed E-state index contributed by atoms with van der Waals surface area (Å²) in [6.07, 6.45) is 5.67. The Morgan fingerprint density at radius 3 is 1.81 bits per heavy atom. The highest BCUT2D eigenvalue weighted by molar-refractivity contribution is 5.91. The van der Waals surface area contributed by atoms with Crippen molar-refractivity contribution in [1.82, 2.24) is 19.7 Å². The third-order valence-corrected chi connectivity index (χ3v) is 10.5. The normalized spacial score (nSPS) is 20.9. The van der Waals surface area contributed by atoms with Gasteiger partial charge < -0.3 is 5.32 Å². The number of aromatic nitrogens is 4. The highest BCUT2D eigenvalue weighted by Gasteiger charge is 2.43. The van der Waals surface area contributed by atoms with E-state index >= 15 is 13.2 Å². The number of benzene rings is 3. The Balaban J connectivity index is 1.38. The lowest BCUT2D eigenvalue weighted by molar-refractivity contribution is 0.0926. The number of pyridine rings is 2. The summed E-state index contributed by atoms with van der Waals surface area (Å²) >= 11 is 0. The van der Waals surface area contributed by atoms with Crippen molar-refractivity contribution in [3.8, 4) is 11.4 Å². The molecular weight excluding hydrogens is 595 g/mol. The molecule has 3 aromatic carbocycles. The first-order valence-electron chi connectivity index (χ1n) is 16.3. The van der Waals surface area contributed by atoms with Crippen molar-refractivity contribution in [2.75, 3.05) is 5.32 Å². The molecule has 47 heavy (non-hydrogen) atoms. The first kappa shape index (κ1) is 29.4.